The van der Waals surface area contributed by atoms with Crippen LogP contribution in [0.1, 0.15) is 22.9 Å². The van der Waals surface area contributed by atoms with Gasteiger partial charge in [-0.25, -0.2) is 4.68 Å². The van der Waals surface area contributed by atoms with Crippen LogP contribution in [0.15, 0.2) is 72.9 Å². The average Bonchev–Trinajstić information content (AvgIpc) is 3.26. The van der Waals surface area contributed by atoms with E-state index in [4.69, 9.17) is 4.74 Å². The number of carbonyl (C=O) groups is 1. The van der Waals surface area contributed by atoms with Gasteiger partial charge in [0.1, 0.15) is 31.4 Å². The maximum absolute atomic E-state index is 12.7. The number of benzene rings is 2. The van der Waals surface area contributed by atoms with Gasteiger partial charge in [-0.1, -0.05) is 65.9 Å². The summed E-state index contributed by atoms with van der Waals surface area (Å²) in [4.78, 5) is 14.1. The van der Waals surface area contributed by atoms with Gasteiger partial charge in [0.2, 0.25) is 5.91 Å². The summed E-state index contributed by atoms with van der Waals surface area (Å²) in [5, 5.41) is 11.4. The third-order valence-electron chi connectivity index (χ3n) is 5.36. The van der Waals surface area contributed by atoms with E-state index in [0.29, 0.717) is 12.2 Å². The van der Waals surface area contributed by atoms with E-state index < -0.39 is 0 Å². The number of quaternary nitrogens is 1. The molecule has 0 saturated carbocycles. The Kier molecular flexibility index (Phi) is 7.20. The van der Waals surface area contributed by atoms with Gasteiger partial charge in [-0.15, -0.1) is 5.10 Å². The molecule has 0 spiro atoms. The Balaban J connectivity index is 1.37. The van der Waals surface area contributed by atoms with Gasteiger partial charge in [0, 0.05) is 6.08 Å². The minimum Gasteiger partial charge on any atom is -0.370 e. The summed E-state index contributed by atoms with van der Waals surface area (Å²) >= 11 is 0. The number of ether oxygens (including phenoxy) is 1. The lowest BCUT2D eigenvalue weighted by Gasteiger charge is -2.28. The molecule has 1 aliphatic heterocycles. The van der Waals surface area contributed by atoms with E-state index in [2.05, 4.69) is 27.8 Å². The number of morpholine rings is 1. The second kappa shape index (κ2) is 10.7. The van der Waals surface area contributed by atoms with Crippen LogP contribution in [0.25, 0.3) is 6.08 Å². The van der Waals surface area contributed by atoms with Crippen LogP contribution in [0.3, 0.4) is 0 Å². The summed E-state index contributed by atoms with van der Waals surface area (Å²) in [5.41, 5.74) is 2.91. The van der Waals surface area contributed by atoms with Crippen molar-refractivity contribution in [2.45, 2.75) is 12.6 Å². The number of rotatable bonds is 8. The maximum Gasteiger partial charge on any atom is 0.244 e. The molecule has 1 aliphatic rings. The molecule has 7 heteroatoms. The summed E-state index contributed by atoms with van der Waals surface area (Å²) in [5.74, 6) is -0.140. The molecule has 4 rings (SSSR count). The highest BCUT2D eigenvalue weighted by atomic mass is 16.5. The first-order valence-electron chi connectivity index (χ1n) is 10.7. The SMILES string of the molecule is O=C(/C=C/c1cn(Cc2ccccc2)nn1)N[C@H](C[NH+]1CCOCC1)c1ccccc1. The van der Waals surface area contributed by atoms with E-state index in [1.54, 1.807) is 10.8 Å². The van der Waals surface area contributed by atoms with Gasteiger partial charge in [-0.3, -0.25) is 4.79 Å². The van der Waals surface area contributed by atoms with Crippen molar-refractivity contribution in [1.82, 2.24) is 20.3 Å². The zero-order valence-electron chi connectivity index (χ0n) is 17.5. The molecule has 0 bridgehead atoms. The molecular formula is C24H28N5O2+. The van der Waals surface area contributed by atoms with Crippen molar-refractivity contribution < 1.29 is 14.4 Å². The lowest BCUT2D eigenvalue weighted by Crippen LogP contribution is -3.14. The highest BCUT2D eigenvalue weighted by Gasteiger charge is 2.22. The molecule has 3 aromatic rings. The molecule has 1 atom stereocenters. The Bertz CT molecular complexity index is 981. The molecule has 1 aromatic heterocycles. The first-order chi connectivity index (χ1) is 15.3. The molecular weight excluding hydrogens is 390 g/mol. The first kappa shape index (κ1) is 21.0. The van der Waals surface area contributed by atoms with Gasteiger partial charge < -0.3 is 15.0 Å². The van der Waals surface area contributed by atoms with E-state index in [0.717, 1.165) is 44.0 Å². The fourth-order valence-electron chi connectivity index (χ4n) is 3.71. The zero-order valence-corrected chi connectivity index (χ0v) is 17.5. The van der Waals surface area contributed by atoms with Gasteiger partial charge in [0.25, 0.3) is 0 Å². The van der Waals surface area contributed by atoms with Crippen LogP contribution in [0.5, 0.6) is 0 Å². The van der Waals surface area contributed by atoms with Gasteiger partial charge in [0.05, 0.1) is 26.0 Å². The largest absolute Gasteiger partial charge is 0.370 e. The first-order valence-corrected chi connectivity index (χ1v) is 10.7. The van der Waals surface area contributed by atoms with Gasteiger partial charge in [-0.05, 0) is 17.2 Å². The topological polar surface area (TPSA) is 73.5 Å². The molecule has 1 amide bonds. The smallest absolute Gasteiger partial charge is 0.244 e. The Morgan fingerprint density at radius 1 is 1.10 bits per heavy atom. The number of nitrogens with one attached hydrogen (secondary N) is 2. The van der Waals surface area contributed by atoms with E-state index in [1.165, 1.54) is 11.0 Å². The molecule has 1 saturated heterocycles. The average molecular weight is 419 g/mol. The molecule has 0 radical (unpaired) electrons. The number of hydrogen-bond acceptors (Lipinski definition) is 4. The molecule has 0 aliphatic carbocycles. The lowest BCUT2D eigenvalue weighted by atomic mass is 10.1. The Hall–Kier alpha value is -3.29. The molecule has 2 N–H and O–H groups in total. The van der Waals surface area contributed by atoms with Gasteiger partial charge >= 0.3 is 0 Å². The third kappa shape index (κ3) is 6.34. The number of carbonyl (C=O) groups excluding carboxylic acids is 1. The predicted molar refractivity (Wildman–Crippen MR) is 118 cm³/mol. The fraction of sp³-hybridized carbons (Fsp3) is 0.292. The van der Waals surface area contributed by atoms with Crippen LogP contribution in [-0.2, 0) is 16.1 Å². The van der Waals surface area contributed by atoms with E-state index in [1.807, 2.05) is 54.7 Å². The minimum absolute atomic E-state index is 0.0554. The monoisotopic (exact) mass is 418 g/mol. The maximum atomic E-state index is 12.7. The summed E-state index contributed by atoms with van der Waals surface area (Å²) in [7, 11) is 0. The second-order valence-corrected chi connectivity index (χ2v) is 7.70. The van der Waals surface area contributed by atoms with Gasteiger partial charge in [0.15, 0.2) is 0 Å². The molecule has 160 valence electrons. The number of aromatic nitrogens is 3. The molecule has 2 heterocycles. The lowest BCUT2D eigenvalue weighted by molar-refractivity contribution is -0.909. The fourth-order valence-corrected chi connectivity index (χ4v) is 3.71. The quantitative estimate of drug-likeness (QED) is 0.538. The Morgan fingerprint density at radius 3 is 2.55 bits per heavy atom. The number of nitrogens with zero attached hydrogens (tertiary/aromatic N) is 3. The summed E-state index contributed by atoms with van der Waals surface area (Å²) in [6, 6.07) is 20.1. The van der Waals surface area contributed by atoms with Crippen molar-refractivity contribution in [1.29, 1.82) is 0 Å². The van der Waals surface area contributed by atoms with E-state index >= 15 is 0 Å². The van der Waals surface area contributed by atoms with E-state index in [9.17, 15) is 4.79 Å². The van der Waals surface area contributed by atoms with Crippen molar-refractivity contribution in [3.63, 3.8) is 0 Å². The van der Waals surface area contributed by atoms with Crippen molar-refractivity contribution in [3.05, 3.63) is 89.8 Å². The van der Waals surface area contributed by atoms with Crippen LogP contribution in [0.4, 0.5) is 0 Å². The number of amides is 1. The Morgan fingerprint density at radius 2 is 1.81 bits per heavy atom. The summed E-state index contributed by atoms with van der Waals surface area (Å²) in [6.45, 7) is 4.93. The van der Waals surface area contributed by atoms with Crippen molar-refractivity contribution in [3.8, 4) is 0 Å². The second-order valence-electron chi connectivity index (χ2n) is 7.70. The van der Waals surface area contributed by atoms with Crippen LogP contribution in [0.2, 0.25) is 0 Å². The third-order valence-corrected chi connectivity index (χ3v) is 5.36. The molecule has 31 heavy (non-hydrogen) atoms. The molecule has 1 fully saturated rings. The molecule has 7 nitrogen and oxygen atoms in total. The van der Waals surface area contributed by atoms with Crippen LogP contribution < -0.4 is 10.2 Å². The van der Waals surface area contributed by atoms with E-state index in [-0.39, 0.29) is 11.9 Å². The normalized spacial score (nSPS) is 15.7. The van der Waals surface area contributed by atoms with Crippen LogP contribution in [-0.4, -0.2) is 53.7 Å². The molecule has 0 unspecified atom stereocenters. The highest BCUT2D eigenvalue weighted by Crippen LogP contribution is 2.11. The van der Waals surface area contributed by atoms with Crippen molar-refractivity contribution in [2.75, 3.05) is 32.8 Å². The Labute approximate surface area is 182 Å². The van der Waals surface area contributed by atoms with Crippen molar-refractivity contribution >= 4 is 12.0 Å². The molecule has 2 aromatic carbocycles. The standard InChI is InChI=1S/C24H27N5O2/c30-24(12-11-22-18-29(27-26-22)17-20-7-3-1-4-8-20)25-23(21-9-5-2-6-10-21)19-28-13-15-31-16-14-28/h1-12,18,23H,13-17,19H2,(H,25,30)/p+1/b12-11+/t23-/m1/s1. The number of hydrogen-bond donors (Lipinski definition) is 2. The highest BCUT2D eigenvalue weighted by molar-refractivity contribution is 5.91. The predicted octanol–water partition coefficient (Wildman–Crippen LogP) is 1.11. The summed E-state index contributed by atoms with van der Waals surface area (Å²) < 4.78 is 7.23. The zero-order chi connectivity index (χ0) is 21.3. The summed E-state index contributed by atoms with van der Waals surface area (Å²) in [6.07, 6.45) is 5.07. The van der Waals surface area contributed by atoms with Crippen LogP contribution >= 0.6 is 0 Å². The van der Waals surface area contributed by atoms with Crippen molar-refractivity contribution in [2.24, 2.45) is 0 Å². The minimum atomic E-state index is -0.140. The van der Waals surface area contributed by atoms with Crippen LogP contribution in [0, 0.1) is 0 Å². The van der Waals surface area contributed by atoms with Gasteiger partial charge in [-0.2, -0.15) is 0 Å².